The predicted molar refractivity (Wildman–Crippen MR) is 65.7 cm³/mol. The number of aryl methyl sites for hydroxylation is 1. The van der Waals surface area contributed by atoms with Gasteiger partial charge in [-0.3, -0.25) is 0 Å². The number of benzene rings is 1. The minimum Gasteiger partial charge on any atom is -0.330 e. The molecule has 0 radical (unpaired) electrons. The van der Waals surface area contributed by atoms with Crippen LogP contribution in [-0.4, -0.2) is 16.3 Å². The maximum Gasteiger partial charge on any atom is 0.0709 e. The Balaban J connectivity index is 2.54. The van der Waals surface area contributed by atoms with E-state index in [9.17, 15) is 0 Å². The second kappa shape index (κ2) is 4.94. The number of hydrogen-bond acceptors (Lipinski definition) is 2. The van der Waals surface area contributed by atoms with Crippen molar-refractivity contribution in [3.8, 4) is 5.69 Å². The summed E-state index contributed by atoms with van der Waals surface area (Å²) in [6, 6.07) is 8.32. The molecular formula is C13H17N3. The Hall–Kier alpha value is -1.61. The maximum absolute atomic E-state index is 5.64. The Bertz CT molecular complexity index is 446. The number of nitrogens with zero attached hydrogens (tertiary/aromatic N) is 2. The van der Waals surface area contributed by atoms with Gasteiger partial charge in [-0.15, -0.1) is 0 Å². The van der Waals surface area contributed by atoms with Gasteiger partial charge in [-0.1, -0.05) is 25.1 Å². The zero-order valence-corrected chi connectivity index (χ0v) is 9.56. The van der Waals surface area contributed by atoms with Crippen LogP contribution in [0.4, 0.5) is 0 Å². The molecule has 0 spiro atoms. The molecule has 0 aliphatic heterocycles. The van der Waals surface area contributed by atoms with Crippen LogP contribution >= 0.6 is 0 Å². The van der Waals surface area contributed by atoms with Crippen molar-refractivity contribution in [3.05, 3.63) is 47.8 Å². The minimum atomic E-state index is 0.668. The highest BCUT2D eigenvalue weighted by atomic mass is 15.3. The van der Waals surface area contributed by atoms with E-state index in [1.165, 1.54) is 16.8 Å². The van der Waals surface area contributed by atoms with E-state index in [2.05, 4.69) is 30.2 Å². The van der Waals surface area contributed by atoms with Crippen LogP contribution in [0.5, 0.6) is 0 Å². The van der Waals surface area contributed by atoms with Crippen LogP contribution in [0.2, 0.25) is 0 Å². The molecule has 0 atom stereocenters. The molecule has 2 rings (SSSR count). The molecule has 0 bridgehead atoms. The van der Waals surface area contributed by atoms with Crippen molar-refractivity contribution in [1.29, 1.82) is 0 Å². The van der Waals surface area contributed by atoms with E-state index in [0.29, 0.717) is 6.54 Å². The lowest BCUT2D eigenvalue weighted by molar-refractivity contribution is 0.834. The third-order valence-electron chi connectivity index (χ3n) is 2.73. The van der Waals surface area contributed by atoms with Crippen LogP contribution in [-0.2, 0) is 12.8 Å². The number of rotatable bonds is 4. The quantitative estimate of drug-likeness (QED) is 0.847. The molecule has 2 N–H and O–H groups in total. The van der Waals surface area contributed by atoms with Gasteiger partial charge in [0.2, 0.25) is 0 Å². The highest BCUT2D eigenvalue weighted by Gasteiger charge is 2.08. The maximum atomic E-state index is 5.64. The van der Waals surface area contributed by atoms with Gasteiger partial charge < -0.3 is 5.73 Å². The molecule has 0 fully saturated rings. The number of para-hydroxylation sites is 1. The van der Waals surface area contributed by atoms with E-state index in [1.54, 1.807) is 6.20 Å². The first-order valence-electron chi connectivity index (χ1n) is 5.67. The Kier molecular flexibility index (Phi) is 3.37. The lowest BCUT2D eigenvalue weighted by Crippen LogP contribution is -2.09. The van der Waals surface area contributed by atoms with Crippen molar-refractivity contribution < 1.29 is 0 Å². The average Bonchev–Trinajstić information content (AvgIpc) is 2.82. The molecule has 0 saturated carbocycles. The van der Waals surface area contributed by atoms with Gasteiger partial charge in [0.25, 0.3) is 0 Å². The summed E-state index contributed by atoms with van der Waals surface area (Å²) in [5, 5.41) is 4.31. The molecule has 84 valence electrons. The van der Waals surface area contributed by atoms with E-state index in [4.69, 9.17) is 5.73 Å². The smallest absolute Gasteiger partial charge is 0.0709 e. The Morgan fingerprint density at radius 1 is 1.25 bits per heavy atom. The van der Waals surface area contributed by atoms with E-state index in [0.717, 1.165) is 12.8 Å². The number of aromatic nitrogens is 2. The van der Waals surface area contributed by atoms with E-state index in [1.807, 2.05) is 16.9 Å². The fraction of sp³-hybridized carbons (Fsp3) is 0.308. The molecule has 3 heteroatoms. The first kappa shape index (κ1) is 10.9. The van der Waals surface area contributed by atoms with Crippen molar-refractivity contribution in [2.45, 2.75) is 19.8 Å². The van der Waals surface area contributed by atoms with Gasteiger partial charge in [-0.2, -0.15) is 5.10 Å². The standard InChI is InChI=1S/C13H17N3/c1-2-11-5-3-6-12(7-8-14)13(11)16-10-4-9-15-16/h3-6,9-10H,2,7-8,14H2,1H3. The summed E-state index contributed by atoms with van der Waals surface area (Å²) < 4.78 is 1.93. The predicted octanol–water partition coefficient (Wildman–Crippen LogP) is 1.94. The third kappa shape index (κ3) is 1.99. The van der Waals surface area contributed by atoms with Gasteiger partial charge in [0.15, 0.2) is 0 Å². The Morgan fingerprint density at radius 2 is 2.06 bits per heavy atom. The normalized spacial score (nSPS) is 10.6. The second-order valence-corrected chi connectivity index (χ2v) is 3.77. The largest absolute Gasteiger partial charge is 0.330 e. The van der Waals surface area contributed by atoms with Gasteiger partial charge in [0, 0.05) is 12.4 Å². The zero-order chi connectivity index (χ0) is 11.4. The summed E-state index contributed by atoms with van der Waals surface area (Å²) in [7, 11) is 0. The Morgan fingerprint density at radius 3 is 2.69 bits per heavy atom. The molecule has 16 heavy (non-hydrogen) atoms. The van der Waals surface area contributed by atoms with Gasteiger partial charge in [-0.05, 0) is 36.6 Å². The van der Waals surface area contributed by atoms with Crippen LogP contribution < -0.4 is 5.73 Å². The van der Waals surface area contributed by atoms with Gasteiger partial charge in [-0.25, -0.2) is 4.68 Å². The summed E-state index contributed by atoms with van der Waals surface area (Å²) in [6.45, 7) is 2.83. The molecular weight excluding hydrogens is 198 g/mol. The fourth-order valence-electron chi connectivity index (χ4n) is 1.98. The molecule has 3 nitrogen and oxygen atoms in total. The summed E-state index contributed by atoms with van der Waals surface area (Å²) in [4.78, 5) is 0. The van der Waals surface area contributed by atoms with Crippen molar-refractivity contribution in [2.24, 2.45) is 5.73 Å². The minimum absolute atomic E-state index is 0.668. The number of hydrogen-bond donors (Lipinski definition) is 1. The van der Waals surface area contributed by atoms with Crippen molar-refractivity contribution in [2.75, 3.05) is 6.54 Å². The Labute approximate surface area is 95.9 Å². The van der Waals surface area contributed by atoms with Gasteiger partial charge in [0.1, 0.15) is 0 Å². The lowest BCUT2D eigenvalue weighted by Gasteiger charge is -2.13. The van der Waals surface area contributed by atoms with E-state index < -0.39 is 0 Å². The monoisotopic (exact) mass is 215 g/mol. The van der Waals surface area contributed by atoms with Crippen molar-refractivity contribution >= 4 is 0 Å². The SMILES string of the molecule is CCc1cccc(CCN)c1-n1cccn1. The van der Waals surface area contributed by atoms with Crippen LogP contribution in [0.25, 0.3) is 5.69 Å². The average molecular weight is 215 g/mol. The van der Waals surface area contributed by atoms with Crippen molar-refractivity contribution in [1.82, 2.24) is 9.78 Å². The van der Waals surface area contributed by atoms with Crippen LogP contribution in [0.1, 0.15) is 18.1 Å². The summed E-state index contributed by atoms with van der Waals surface area (Å²) in [6.07, 6.45) is 5.68. The molecule has 0 aliphatic rings. The molecule has 0 aliphatic carbocycles. The summed E-state index contributed by atoms with van der Waals surface area (Å²) in [5.41, 5.74) is 9.42. The summed E-state index contributed by atoms with van der Waals surface area (Å²) >= 11 is 0. The molecule has 0 amide bonds. The van der Waals surface area contributed by atoms with Crippen LogP contribution in [0.3, 0.4) is 0 Å². The first-order valence-corrected chi connectivity index (χ1v) is 5.67. The highest BCUT2D eigenvalue weighted by molar-refractivity contribution is 5.47. The van der Waals surface area contributed by atoms with Crippen LogP contribution in [0, 0.1) is 0 Å². The molecule has 0 saturated heterocycles. The van der Waals surface area contributed by atoms with E-state index in [-0.39, 0.29) is 0 Å². The zero-order valence-electron chi connectivity index (χ0n) is 9.56. The number of nitrogens with two attached hydrogens (primary N) is 1. The van der Waals surface area contributed by atoms with Gasteiger partial charge in [0.05, 0.1) is 5.69 Å². The van der Waals surface area contributed by atoms with E-state index >= 15 is 0 Å². The van der Waals surface area contributed by atoms with Crippen LogP contribution in [0.15, 0.2) is 36.7 Å². The van der Waals surface area contributed by atoms with Crippen molar-refractivity contribution in [3.63, 3.8) is 0 Å². The lowest BCUT2D eigenvalue weighted by atomic mass is 10.0. The topological polar surface area (TPSA) is 43.8 Å². The van der Waals surface area contributed by atoms with Gasteiger partial charge >= 0.3 is 0 Å². The third-order valence-corrected chi connectivity index (χ3v) is 2.73. The molecule has 1 aromatic carbocycles. The first-order chi connectivity index (χ1) is 7.86. The molecule has 1 heterocycles. The fourth-order valence-corrected chi connectivity index (χ4v) is 1.98. The highest BCUT2D eigenvalue weighted by Crippen LogP contribution is 2.20. The second-order valence-electron chi connectivity index (χ2n) is 3.77. The molecule has 0 unspecified atom stereocenters. The summed E-state index contributed by atoms with van der Waals surface area (Å²) in [5.74, 6) is 0. The molecule has 1 aromatic heterocycles. The molecule has 2 aromatic rings.